The highest BCUT2D eigenvalue weighted by Gasteiger charge is 2.25. The van der Waals surface area contributed by atoms with E-state index in [1.165, 1.54) is 25.7 Å². The van der Waals surface area contributed by atoms with Crippen molar-refractivity contribution >= 4 is 5.91 Å². The second-order valence-corrected chi connectivity index (χ2v) is 5.38. The van der Waals surface area contributed by atoms with Crippen LogP contribution in [0.25, 0.3) is 0 Å². The minimum absolute atomic E-state index is 0.00933. The van der Waals surface area contributed by atoms with Crippen LogP contribution in [0.3, 0.4) is 0 Å². The Bertz CT molecular complexity index is 238. The summed E-state index contributed by atoms with van der Waals surface area (Å²) in [6, 6.07) is 0.00933. The quantitative estimate of drug-likeness (QED) is 0.722. The smallest absolute Gasteiger partial charge is 0.220 e. The maximum atomic E-state index is 11.8. The molecule has 2 N–H and O–H groups in total. The van der Waals surface area contributed by atoms with Crippen molar-refractivity contribution in [2.24, 2.45) is 5.92 Å². The summed E-state index contributed by atoms with van der Waals surface area (Å²) in [5.74, 6) is 0.763. The highest BCUT2D eigenvalue weighted by molar-refractivity contribution is 5.76. The topological polar surface area (TPSA) is 49.3 Å². The number of aliphatic hydroxyl groups excluding tert-OH is 1. The van der Waals surface area contributed by atoms with Gasteiger partial charge in [0.1, 0.15) is 0 Å². The molecule has 1 amide bonds. The molecule has 3 nitrogen and oxygen atoms in total. The molecule has 2 saturated carbocycles. The summed E-state index contributed by atoms with van der Waals surface area (Å²) < 4.78 is 0. The molecule has 2 aliphatic rings. The molecule has 0 aromatic carbocycles. The van der Waals surface area contributed by atoms with Crippen LogP contribution in [-0.4, -0.2) is 23.2 Å². The first-order valence-corrected chi connectivity index (χ1v) is 6.73. The zero-order chi connectivity index (χ0) is 11.4. The number of carbonyl (C=O) groups excluding carboxylic acids is 1. The van der Waals surface area contributed by atoms with Crippen molar-refractivity contribution in [1.29, 1.82) is 0 Å². The van der Waals surface area contributed by atoms with Crippen molar-refractivity contribution in [3.63, 3.8) is 0 Å². The molecule has 0 aliphatic heterocycles. The van der Waals surface area contributed by atoms with E-state index in [4.69, 9.17) is 0 Å². The minimum Gasteiger partial charge on any atom is -0.391 e. The number of hydrogen-bond acceptors (Lipinski definition) is 2. The maximum Gasteiger partial charge on any atom is 0.220 e. The van der Waals surface area contributed by atoms with Gasteiger partial charge in [-0.05, 0) is 31.6 Å². The van der Waals surface area contributed by atoms with Gasteiger partial charge in [0.2, 0.25) is 5.91 Å². The van der Waals surface area contributed by atoms with Gasteiger partial charge in [0.25, 0.3) is 0 Å². The zero-order valence-corrected chi connectivity index (χ0v) is 9.95. The third-order valence-electron chi connectivity index (χ3n) is 4.02. The molecule has 2 aliphatic carbocycles. The molecular weight excluding hydrogens is 202 g/mol. The average Bonchev–Trinajstić information content (AvgIpc) is 2.39. The summed E-state index contributed by atoms with van der Waals surface area (Å²) in [7, 11) is 0. The summed E-state index contributed by atoms with van der Waals surface area (Å²) in [5, 5.41) is 12.9. The SMILES string of the molecule is O=C(CC1CCC1)NC1CCCCCC1O. The van der Waals surface area contributed by atoms with Crippen LogP contribution in [0, 0.1) is 5.92 Å². The predicted molar refractivity (Wildman–Crippen MR) is 63.0 cm³/mol. The van der Waals surface area contributed by atoms with Crippen molar-refractivity contribution in [2.75, 3.05) is 0 Å². The van der Waals surface area contributed by atoms with Crippen molar-refractivity contribution < 1.29 is 9.90 Å². The number of nitrogens with one attached hydrogen (secondary N) is 1. The van der Waals surface area contributed by atoms with Crippen LogP contribution in [0.4, 0.5) is 0 Å². The fraction of sp³-hybridized carbons (Fsp3) is 0.923. The molecule has 0 bridgehead atoms. The van der Waals surface area contributed by atoms with Gasteiger partial charge in [0.15, 0.2) is 0 Å². The standard InChI is InChI=1S/C13H23NO2/c15-12-8-3-1-2-7-11(12)14-13(16)9-10-5-4-6-10/h10-12,15H,1-9H2,(H,14,16). The normalized spacial score (nSPS) is 31.6. The van der Waals surface area contributed by atoms with E-state index in [2.05, 4.69) is 5.32 Å². The van der Waals surface area contributed by atoms with Crippen molar-refractivity contribution in [2.45, 2.75) is 69.9 Å². The van der Waals surface area contributed by atoms with Gasteiger partial charge in [-0.1, -0.05) is 25.7 Å². The Morgan fingerprint density at radius 2 is 1.81 bits per heavy atom. The van der Waals surface area contributed by atoms with Crippen LogP contribution < -0.4 is 5.32 Å². The molecule has 92 valence electrons. The minimum atomic E-state index is -0.326. The molecule has 0 saturated heterocycles. The third-order valence-corrected chi connectivity index (χ3v) is 4.02. The molecule has 0 aromatic heterocycles. The first kappa shape index (κ1) is 11.9. The molecule has 0 spiro atoms. The summed E-state index contributed by atoms with van der Waals surface area (Å²) in [6.45, 7) is 0. The molecule has 3 heteroatoms. The van der Waals surface area contributed by atoms with E-state index in [0.717, 1.165) is 25.7 Å². The lowest BCUT2D eigenvalue weighted by molar-refractivity contribution is -0.124. The first-order chi connectivity index (χ1) is 7.75. The molecule has 0 radical (unpaired) electrons. The summed E-state index contributed by atoms with van der Waals surface area (Å²) in [5.41, 5.74) is 0. The van der Waals surface area contributed by atoms with Gasteiger partial charge in [0.05, 0.1) is 12.1 Å². The number of aliphatic hydroxyl groups is 1. The van der Waals surface area contributed by atoms with E-state index in [9.17, 15) is 9.90 Å². The number of carbonyl (C=O) groups is 1. The lowest BCUT2D eigenvalue weighted by Gasteiger charge is -2.27. The average molecular weight is 225 g/mol. The van der Waals surface area contributed by atoms with Crippen molar-refractivity contribution in [3.05, 3.63) is 0 Å². The predicted octanol–water partition coefficient (Wildman–Crippen LogP) is 1.99. The van der Waals surface area contributed by atoms with Gasteiger partial charge in [0, 0.05) is 6.42 Å². The number of hydrogen-bond donors (Lipinski definition) is 2. The Morgan fingerprint density at radius 1 is 1.06 bits per heavy atom. The highest BCUT2D eigenvalue weighted by atomic mass is 16.3. The van der Waals surface area contributed by atoms with Crippen molar-refractivity contribution in [1.82, 2.24) is 5.32 Å². The molecule has 2 unspecified atom stereocenters. The van der Waals surface area contributed by atoms with E-state index in [1.54, 1.807) is 0 Å². The molecule has 2 rings (SSSR count). The molecule has 0 aromatic rings. The Balaban J connectivity index is 1.74. The summed E-state index contributed by atoms with van der Waals surface area (Å²) in [4.78, 5) is 11.8. The van der Waals surface area contributed by atoms with E-state index in [1.807, 2.05) is 0 Å². The lowest BCUT2D eigenvalue weighted by atomic mass is 9.83. The highest BCUT2D eigenvalue weighted by Crippen LogP contribution is 2.29. The largest absolute Gasteiger partial charge is 0.391 e. The van der Waals surface area contributed by atoms with E-state index in [0.29, 0.717) is 12.3 Å². The second-order valence-electron chi connectivity index (χ2n) is 5.38. The van der Waals surface area contributed by atoms with Gasteiger partial charge < -0.3 is 10.4 Å². The molecule has 0 heterocycles. The molecular formula is C13H23NO2. The number of rotatable bonds is 3. The van der Waals surface area contributed by atoms with Gasteiger partial charge >= 0.3 is 0 Å². The molecule has 2 atom stereocenters. The zero-order valence-electron chi connectivity index (χ0n) is 9.95. The fourth-order valence-corrected chi connectivity index (χ4v) is 2.68. The monoisotopic (exact) mass is 225 g/mol. The van der Waals surface area contributed by atoms with Crippen LogP contribution in [-0.2, 0) is 4.79 Å². The summed E-state index contributed by atoms with van der Waals surface area (Å²) in [6.07, 6.45) is 9.24. The first-order valence-electron chi connectivity index (χ1n) is 6.73. The summed E-state index contributed by atoms with van der Waals surface area (Å²) >= 11 is 0. The van der Waals surface area contributed by atoms with E-state index >= 15 is 0 Å². The second kappa shape index (κ2) is 5.67. The maximum absolute atomic E-state index is 11.8. The van der Waals surface area contributed by atoms with Crippen LogP contribution >= 0.6 is 0 Å². The van der Waals surface area contributed by atoms with E-state index in [-0.39, 0.29) is 18.1 Å². The van der Waals surface area contributed by atoms with E-state index < -0.39 is 0 Å². The molecule has 2 fully saturated rings. The lowest BCUT2D eigenvalue weighted by Crippen LogP contribution is -2.43. The van der Waals surface area contributed by atoms with Crippen LogP contribution in [0.1, 0.15) is 57.8 Å². The van der Waals surface area contributed by atoms with Crippen molar-refractivity contribution in [3.8, 4) is 0 Å². The van der Waals surface area contributed by atoms with Gasteiger partial charge in [-0.3, -0.25) is 4.79 Å². The van der Waals surface area contributed by atoms with Gasteiger partial charge in [-0.25, -0.2) is 0 Å². The van der Waals surface area contributed by atoms with Gasteiger partial charge in [-0.15, -0.1) is 0 Å². The van der Waals surface area contributed by atoms with Crippen LogP contribution in [0.2, 0.25) is 0 Å². The Morgan fingerprint density at radius 3 is 2.50 bits per heavy atom. The Hall–Kier alpha value is -0.570. The Kier molecular flexibility index (Phi) is 4.22. The Labute approximate surface area is 97.6 Å². The van der Waals surface area contributed by atoms with Crippen LogP contribution in [0.15, 0.2) is 0 Å². The van der Waals surface area contributed by atoms with Crippen LogP contribution in [0.5, 0.6) is 0 Å². The van der Waals surface area contributed by atoms with Gasteiger partial charge in [-0.2, -0.15) is 0 Å². The third kappa shape index (κ3) is 3.21. The fourth-order valence-electron chi connectivity index (χ4n) is 2.68. The molecule has 16 heavy (non-hydrogen) atoms. The number of amides is 1.